The average molecular weight is 427 g/mol. The molecule has 1 unspecified atom stereocenters. The van der Waals surface area contributed by atoms with Crippen LogP contribution in [0.4, 0.5) is 14.5 Å². The van der Waals surface area contributed by atoms with E-state index in [1.807, 2.05) is 0 Å². The van der Waals surface area contributed by atoms with E-state index in [9.17, 15) is 18.4 Å². The van der Waals surface area contributed by atoms with Crippen molar-refractivity contribution in [3.8, 4) is 0 Å². The third kappa shape index (κ3) is 4.23. The standard InChI is InChI=1S/C18H20F2N6O2.ClH/c19-12-2-1-3-13(20)16(12)25-9-6-14(18(25)28)22-17(27)15-10-26(24-23-15)11-4-7-21-8-5-11;/h1-3,10-11,14,21H,4-9H2,(H,22,27);1H. The van der Waals surface area contributed by atoms with Gasteiger partial charge < -0.3 is 15.5 Å². The monoisotopic (exact) mass is 426 g/mol. The lowest BCUT2D eigenvalue weighted by Crippen LogP contribution is -2.42. The van der Waals surface area contributed by atoms with E-state index in [1.165, 1.54) is 6.07 Å². The van der Waals surface area contributed by atoms with E-state index < -0.39 is 29.5 Å². The van der Waals surface area contributed by atoms with Crippen LogP contribution in [0.2, 0.25) is 0 Å². The van der Waals surface area contributed by atoms with E-state index in [1.54, 1.807) is 10.9 Å². The smallest absolute Gasteiger partial charge is 0.274 e. The van der Waals surface area contributed by atoms with Crippen molar-refractivity contribution >= 4 is 29.9 Å². The van der Waals surface area contributed by atoms with Gasteiger partial charge >= 0.3 is 0 Å². The average Bonchev–Trinajstić information content (AvgIpc) is 3.31. The first-order valence-electron chi connectivity index (χ1n) is 9.23. The van der Waals surface area contributed by atoms with Crippen molar-refractivity contribution in [2.45, 2.75) is 31.3 Å². The number of halogens is 3. The molecule has 2 saturated heterocycles. The summed E-state index contributed by atoms with van der Waals surface area (Å²) in [5, 5.41) is 13.8. The molecule has 1 atom stereocenters. The van der Waals surface area contributed by atoms with Gasteiger partial charge in [-0.3, -0.25) is 9.59 Å². The van der Waals surface area contributed by atoms with E-state index >= 15 is 0 Å². The van der Waals surface area contributed by atoms with E-state index in [0.29, 0.717) is 0 Å². The van der Waals surface area contributed by atoms with Gasteiger partial charge in [0.1, 0.15) is 23.4 Å². The topological polar surface area (TPSA) is 92.2 Å². The van der Waals surface area contributed by atoms with Gasteiger partial charge in [0, 0.05) is 6.54 Å². The lowest BCUT2D eigenvalue weighted by molar-refractivity contribution is -0.118. The minimum Gasteiger partial charge on any atom is -0.339 e. The molecule has 29 heavy (non-hydrogen) atoms. The third-order valence-corrected chi connectivity index (χ3v) is 5.14. The zero-order chi connectivity index (χ0) is 19.7. The summed E-state index contributed by atoms with van der Waals surface area (Å²) in [6.45, 7) is 1.87. The Labute approximate surface area is 172 Å². The van der Waals surface area contributed by atoms with Crippen LogP contribution < -0.4 is 15.5 Å². The second-order valence-corrected chi connectivity index (χ2v) is 6.94. The van der Waals surface area contributed by atoms with Crippen molar-refractivity contribution < 1.29 is 18.4 Å². The highest BCUT2D eigenvalue weighted by Gasteiger charge is 2.36. The molecule has 0 bridgehead atoms. The molecule has 3 heterocycles. The van der Waals surface area contributed by atoms with Crippen LogP contribution >= 0.6 is 12.4 Å². The Morgan fingerprint density at radius 3 is 2.55 bits per heavy atom. The van der Waals surface area contributed by atoms with Gasteiger partial charge in [-0.1, -0.05) is 11.3 Å². The van der Waals surface area contributed by atoms with Crippen LogP contribution in [0.5, 0.6) is 0 Å². The van der Waals surface area contributed by atoms with Crippen LogP contribution in [0.3, 0.4) is 0 Å². The lowest BCUT2D eigenvalue weighted by atomic mass is 10.1. The second kappa shape index (κ2) is 8.83. The van der Waals surface area contributed by atoms with Crippen molar-refractivity contribution in [2.24, 2.45) is 0 Å². The summed E-state index contributed by atoms with van der Waals surface area (Å²) in [4.78, 5) is 26.0. The fourth-order valence-electron chi connectivity index (χ4n) is 3.65. The number of carbonyl (C=O) groups is 2. The largest absolute Gasteiger partial charge is 0.339 e. The van der Waals surface area contributed by atoms with Crippen molar-refractivity contribution in [3.63, 3.8) is 0 Å². The first kappa shape index (κ1) is 21.1. The van der Waals surface area contributed by atoms with Gasteiger partial charge in [-0.15, -0.1) is 17.5 Å². The molecule has 0 saturated carbocycles. The number of aromatic nitrogens is 3. The number of piperidine rings is 1. The molecule has 2 aliphatic rings. The number of rotatable bonds is 4. The van der Waals surface area contributed by atoms with Crippen molar-refractivity contribution in [1.82, 2.24) is 25.6 Å². The Morgan fingerprint density at radius 1 is 1.17 bits per heavy atom. The molecule has 156 valence electrons. The summed E-state index contributed by atoms with van der Waals surface area (Å²) in [5.41, 5.74) is -0.275. The summed E-state index contributed by atoms with van der Waals surface area (Å²) in [6.07, 6.45) is 3.61. The summed E-state index contributed by atoms with van der Waals surface area (Å²) in [7, 11) is 0. The molecule has 2 aliphatic heterocycles. The first-order valence-corrected chi connectivity index (χ1v) is 9.23. The van der Waals surface area contributed by atoms with Crippen LogP contribution in [0.15, 0.2) is 24.4 Å². The molecule has 2 N–H and O–H groups in total. The van der Waals surface area contributed by atoms with Crippen LogP contribution in [-0.4, -0.2) is 52.5 Å². The predicted octanol–water partition coefficient (Wildman–Crippen LogP) is 1.44. The molecular formula is C18H21ClF2N6O2. The molecule has 8 nitrogen and oxygen atoms in total. The maximum absolute atomic E-state index is 14.0. The Kier molecular flexibility index (Phi) is 6.43. The summed E-state index contributed by atoms with van der Waals surface area (Å²) >= 11 is 0. The molecule has 1 aromatic heterocycles. The summed E-state index contributed by atoms with van der Waals surface area (Å²) in [6, 6.07) is 2.74. The fraction of sp³-hybridized carbons (Fsp3) is 0.444. The van der Waals surface area contributed by atoms with E-state index in [2.05, 4.69) is 20.9 Å². The van der Waals surface area contributed by atoms with Crippen molar-refractivity contribution in [2.75, 3.05) is 24.5 Å². The van der Waals surface area contributed by atoms with Gasteiger partial charge in [0.2, 0.25) is 5.91 Å². The summed E-state index contributed by atoms with van der Waals surface area (Å²) in [5.74, 6) is -2.71. The Hall–Kier alpha value is -2.59. The lowest BCUT2D eigenvalue weighted by Gasteiger charge is -2.22. The molecule has 2 amide bonds. The highest BCUT2D eigenvalue weighted by molar-refractivity contribution is 6.03. The number of para-hydroxylation sites is 1. The zero-order valence-electron chi connectivity index (χ0n) is 15.5. The molecule has 11 heteroatoms. The molecule has 4 rings (SSSR count). The van der Waals surface area contributed by atoms with Gasteiger partial charge in [-0.2, -0.15) is 0 Å². The highest BCUT2D eigenvalue weighted by Crippen LogP contribution is 2.27. The first-order chi connectivity index (χ1) is 13.5. The second-order valence-electron chi connectivity index (χ2n) is 6.94. The third-order valence-electron chi connectivity index (χ3n) is 5.14. The van der Waals surface area contributed by atoms with Crippen LogP contribution in [0.25, 0.3) is 0 Å². The number of carbonyl (C=O) groups excluding carboxylic acids is 2. The van der Waals surface area contributed by atoms with Gasteiger partial charge in [-0.25, -0.2) is 13.5 Å². The summed E-state index contributed by atoms with van der Waals surface area (Å²) < 4.78 is 29.6. The van der Waals surface area contributed by atoms with Crippen LogP contribution in [-0.2, 0) is 4.79 Å². The number of anilines is 1. The number of nitrogens with zero attached hydrogens (tertiary/aromatic N) is 4. The van der Waals surface area contributed by atoms with Crippen molar-refractivity contribution in [1.29, 1.82) is 0 Å². The van der Waals surface area contributed by atoms with Gasteiger partial charge in [-0.05, 0) is 44.5 Å². The van der Waals surface area contributed by atoms with Gasteiger partial charge in [0.15, 0.2) is 5.69 Å². The predicted molar refractivity (Wildman–Crippen MR) is 103 cm³/mol. The van der Waals surface area contributed by atoms with Crippen LogP contribution in [0, 0.1) is 11.6 Å². The number of hydrogen-bond acceptors (Lipinski definition) is 5. The zero-order valence-corrected chi connectivity index (χ0v) is 16.3. The number of benzene rings is 1. The maximum atomic E-state index is 14.0. The highest BCUT2D eigenvalue weighted by atomic mass is 35.5. The quantitative estimate of drug-likeness (QED) is 0.771. The van der Waals surface area contributed by atoms with E-state index in [0.717, 1.165) is 43.0 Å². The number of amides is 2. The fourth-order valence-corrected chi connectivity index (χ4v) is 3.65. The Bertz CT molecular complexity index is 882. The Morgan fingerprint density at radius 2 is 1.86 bits per heavy atom. The minimum atomic E-state index is -0.865. The van der Waals surface area contributed by atoms with E-state index in [-0.39, 0.29) is 42.8 Å². The normalized spacial score (nSPS) is 19.9. The molecule has 1 aromatic carbocycles. The molecule has 2 fully saturated rings. The SMILES string of the molecule is Cl.O=C(NC1CCN(c2c(F)cccc2F)C1=O)c1cn(C2CCNCC2)nn1. The Balaban J connectivity index is 0.00000240. The molecule has 0 spiro atoms. The molecule has 0 aliphatic carbocycles. The van der Waals surface area contributed by atoms with E-state index in [4.69, 9.17) is 0 Å². The maximum Gasteiger partial charge on any atom is 0.274 e. The van der Waals surface area contributed by atoms with Gasteiger partial charge in [0.05, 0.1) is 12.2 Å². The van der Waals surface area contributed by atoms with Gasteiger partial charge in [0.25, 0.3) is 5.91 Å². The number of hydrogen-bond donors (Lipinski definition) is 2. The molecular weight excluding hydrogens is 406 g/mol. The van der Waals surface area contributed by atoms with Crippen LogP contribution in [0.1, 0.15) is 35.8 Å². The minimum absolute atomic E-state index is 0. The number of nitrogens with one attached hydrogen (secondary N) is 2. The van der Waals surface area contributed by atoms with Crippen molar-refractivity contribution in [3.05, 3.63) is 41.7 Å². The molecule has 2 aromatic rings. The molecule has 0 radical (unpaired) electrons.